The van der Waals surface area contributed by atoms with Crippen molar-refractivity contribution in [1.82, 2.24) is 15.0 Å². The highest BCUT2D eigenvalue weighted by Gasteiger charge is 2.16. The molecule has 0 aromatic carbocycles. The number of carbonyl (C=O) groups excluding carboxylic acids is 1. The van der Waals surface area contributed by atoms with Crippen LogP contribution in [0.1, 0.15) is 17.8 Å². The van der Waals surface area contributed by atoms with E-state index in [1.807, 2.05) is 18.2 Å². The van der Waals surface area contributed by atoms with E-state index in [0.29, 0.717) is 32.0 Å². The molecule has 3 heterocycles. The van der Waals surface area contributed by atoms with Crippen LogP contribution in [0.25, 0.3) is 0 Å². The average molecular weight is 379 g/mol. The molecule has 1 amide bonds. The van der Waals surface area contributed by atoms with Crippen molar-refractivity contribution in [2.75, 3.05) is 29.6 Å². The lowest BCUT2D eigenvalue weighted by Gasteiger charge is -2.13. The molecular weight excluding hydrogens is 360 g/mol. The minimum atomic E-state index is 0.00263. The Labute approximate surface area is 155 Å². The number of nitrogens with one attached hydrogen (secondary N) is 2. The smallest absolute Gasteiger partial charge is 0.223 e. The van der Waals surface area contributed by atoms with E-state index in [1.165, 1.54) is 0 Å². The first kappa shape index (κ1) is 18.3. The van der Waals surface area contributed by atoms with E-state index in [0.717, 1.165) is 24.4 Å². The molecule has 1 unspecified atom stereocenters. The molecule has 1 aliphatic rings. The highest BCUT2D eigenvalue weighted by atomic mass is 35.5. The normalized spacial score (nSPS) is 16.4. The number of pyridine rings is 1. The number of nitrogen functional groups attached to an aromatic ring is 1. The zero-order chi connectivity index (χ0) is 18.4. The molecule has 1 fully saturated rings. The van der Waals surface area contributed by atoms with Gasteiger partial charge in [0.15, 0.2) is 11.0 Å². The van der Waals surface area contributed by atoms with Crippen LogP contribution in [-0.4, -0.2) is 40.7 Å². The molecular formula is C16H19ClN6O3. The average Bonchev–Trinajstić information content (AvgIpc) is 3.15. The number of nitrogens with zero attached hydrogens (tertiary/aromatic N) is 3. The summed E-state index contributed by atoms with van der Waals surface area (Å²) in [5.74, 6) is 0.323. The molecule has 138 valence electrons. The highest BCUT2D eigenvalue weighted by Crippen LogP contribution is 2.27. The Hall–Kier alpha value is -2.49. The summed E-state index contributed by atoms with van der Waals surface area (Å²) in [6, 6.07) is 5.67. The fourth-order valence-electron chi connectivity index (χ4n) is 2.49. The minimum absolute atomic E-state index is 0.00263. The maximum Gasteiger partial charge on any atom is 0.223 e. The van der Waals surface area contributed by atoms with Crippen molar-refractivity contribution in [2.24, 2.45) is 0 Å². The van der Waals surface area contributed by atoms with Crippen molar-refractivity contribution in [3.8, 4) is 0 Å². The van der Waals surface area contributed by atoms with E-state index < -0.39 is 0 Å². The Morgan fingerprint density at radius 2 is 2.19 bits per heavy atom. The van der Waals surface area contributed by atoms with Gasteiger partial charge in [0.05, 0.1) is 37.3 Å². The number of hydrogen-bond donors (Lipinski definition) is 3. The molecule has 0 radical (unpaired) electrons. The molecule has 2 aromatic rings. The van der Waals surface area contributed by atoms with E-state index in [-0.39, 0.29) is 22.9 Å². The third-order valence-corrected chi connectivity index (χ3v) is 4.02. The Morgan fingerprint density at radius 1 is 1.35 bits per heavy atom. The summed E-state index contributed by atoms with van der Waals surface area (Å²) < 4.78 is 11.1. The number of nitrogens with two attached hydrogens (primary N) is 1. The molecule has 0 aliphatic carbocycles. The van der Waals surface area contributed by atoms with E-state index in [2.05, 4.69) is 25.6 Å². The van der Waals surface area contributed by atoms with Crippen LogP contribution in [0.2, 0.25) is 5.15 Å². The number of hydrogen-bond acceptors (Lipinski definition) is 8. The van der Waals surface area contributed by atoms with Crippen LogP contribution in [0.4, 0.5) is 17.5 Å². The predicted molar refractivity (Wildman–Crippen MR) is 96.7 cm³/mol. The van der Waals surface area contributed by atoms with E-state index >= 15 is 0 Å². The van der Waals surface area contributed by atoms with Crippen LogP contribution in [0.15, 0.2) is 18.2 Å². The summed E-state index contributed by atoms with van der Waals surface area (Å²) in [5.41, 5.74) is 7.47. The Balaban J connectivity index is 1.64. The summed E-state index contributed by atoms with van der Waals surface area (Å²) in [7, 11) is 0. The van der Waals surface area contributed by atoms with Crippen LogP contribution in [0.5, 0.6) is 0 Å². The number of halogens is 1. The van der Waals surface area contributed by atoms with Gasteiger partial charge < -0.3 is 25.8 Å². The largest absolute Gasteiger partial charge is 0.379 e. The molecule has 1 atom stereocenters. The van der Waals surface area contributed by atoms with Gasteiger partial charge in [0.1, 0.15) is 5.69 Å². The van der Waals surface area contributed by atoms with Crippen molar-refractivity contribution < 1.29 is 14.3 Å². The number of carbonyl (C=O) groups is 1. The third-order valence-electron chi connectivity index (χ3n) is 3.74. The fourth-order valence-corrected chi connectivity index (χ4v) is 2.72. The molecule has 26 heavy (non-hydrogen) atoms. The molecule has 3 rings (SSSR count). The first-order valence-corrected chi connectivity index (χ1v) is 8.44. The zero-order valence-electron chi connectivity index (χ0n) is 13.9. The summed E-state index contributed by atoms with van der Waals surface area (Å²) in [6.45, 7) is 2.15. The van der Waals surface area contributed by atoms with Crippen molar-refractivity contribution in [3.05, 3.63) is 34.7 Å². The standard InChI is InChI=1S/C16H19ClN6O3/c17-14-13(20-9-24)15(23-16(18)22-14)19-6-10-2-1-3-11(21-10)7-26-12-4-5-25-8-12/h1-3,9,12H,4-8H2,(H,20,24)(H3,18,19,22,23). The van der Waals surface area contributed by atoms with Gasteiger partial charge in [-0.05, 0) is 18.6 Å². The Bertz CT molecular complexity index is 770. The minimum Gasteiger partial charge on any atom is -0.379 e. The van der Waals surface area contributed by atoms with Crippen molar-refractivity contribution >= 4 is 35.5 Å². The van der Waals surface area contributed by atoms with Gasteiger partial charge in [-0.2, -0.15) is 9.97 Å². The third kappa shape index (κ3) is 4.78. The Morgan fingerprint density at radius 3 is 2.96 bits per heavy atom. The molecule has 1 saturated heterocycles. The van der Waals surface area contributed by atoms with E-state index in [1.54, 1.807) is 0 Å². The molecule has 0 saturated carbocycles. The number of ether oxygens (including phenoxy) is 2. The van der Waals surface area contributed by atoms with Crippen LogP contribution in [-0.2, 0) is 27.4 Å². The second-order valence-electron chi connectivity index (χ2n) is 5.63. The number of anilines is 3. The van der Waals surface area contributed by atoms with Gasteiger partial charge in [-0.3, -0.25) is 9.78 Å². The molecule has 4 N–H and O–H groups in total. The lowest BCUT2D eigenvalue weighted by atomic mass is 10.3. The number of amides is 1. The molecule has 9 nitrogen and oxygen atoms in total. The molecule has 0 bridgehead atoms. The number of aromatic nitrogens is 3. The van der Waals surface area contributed by atoms with Gasteiger partial charge in [0, 0.05) is 6.61 Å². The summed E-state index contributed by atoms with van der Waals surface area (Å²) in [5, 5.41) is 5.58. The van der Waals surface area contributed by atoms with Crippen LogP contribution < -0.4 is 16.4 Å². The summed E-state index contributed by atoms with van der Waals surface area (Å²) in [6.07, 6.45) is 1.53. The first-order chi connectivity index (χ1) is 12.7. The highest BCUT2D eigenvalue weighted by molar-refractivity contribution is 6.33. The van der Waals surface area contributed by atoms with Gasteiger partial charge in [-0.25, -0.2) is 0 Å². The lowest BCUT2D eigenvalue weighted by molar-refractivity contribution is -0.105. The second-order valence-corrected chi connectivity index (χ2v) is 5.99. The van der Waals surface area contributed by atoms with E-state index in [4.69, 9.17) is 26.8 Å². The molecule has 10 heteroatoms. The molecule has 0 spiro atoms. The van der Waals surface area contributed by atoms with E-state index in [9.17, 15) is 4.79 Å². The lowest BCUT2D eigenvalue weighted by Crippen LogP contribution is -2.13. The Kier molecular flexibility index (Phi) is 6.16. The summed E-state index contributed by atoms with van der Waals surface area (Å²) in [4.78, 5) is 23.2. The SMILES string of the molecule is Nc1nc(Cl)c(NC=O)c(NCc2cccc(COC3CCOC3)n2)n1. The summed E-state index contributed by atoms with van der Waals surface area (Å²) >= 11 is 5.99. The van der Waals surface area contributed by atoms with Crippen LogP contribution >= 0.6 is 11.6 Å². The quantitative estimate of drug-likeness (QED) is 0.467. The zero-order valence-corrected chi connectivity index (χ0v) is 14.7. The van der Waals surface area contributed by atoms with Crippen molar-refractivity contribution in [1.29, 1.82) is 0 Å². The van der Waals surface area contributed by atoms with Crippen LogP contribution in [0.3, 0.4) is 0 Å². The van der Waals surface area contributed by atoms with Gasteiger partial charge in [-0.15, -0.1) is 0 Å². The van der Waals surface area contributed by atoms with Crippen LogP contribution in [0, 0.1) is 0 Å². The van der Waals surface area contributed by atoms with Crippen molar-refractivity contribution in [3.63, 3.8) is 0 Å². The maximum absolute atomic E-state index is 10.7. The van der Waals surface area contributed by atoms with Gasteiger partial charge >= 0.3 is 0 Å². The molecule has 1 aliphatic heterocycles. The number of rotatable bonds is 8. The predicted octanol–water partition coefficient (Wildman–Crippen LogP) is 1.59. The topological polar surface area (TPSA) is 124 Å². The maximum atomic E-state index is 10.7. The van der Waals surface area contributed by atoms with Gasteiger partial charge in [0.25, 0.3) is 0 Å². The second kappa shape index (κ2) is 8.75. The molecule has 2 aromatic heterocycles. The van der Waals surface area contributed by atoms with Crippen molar-refractivity contribution in [2.45, 2.75) is 25.7 Å². The first-order valence-electron chi connectivity index (χ1n) is 8.07. The van der Waals surface area contributed by atoms with Gasteiger partial charge in [-0.1, -0.05) is 17.7 Å². The fraction of sp³-hybridized carbons (Fsp3) is 0.375. The monoisotopic (exact) mass is 378 g/mol. The van der Waals surface area contributed by atoms with Gasteiger partial charge in [0.2, 0.25) is 12.4 Å².